The molecule has 168 valence electrons. The molecule has 0 saturated heterocycles. The maximum Gasteiger partial charge on any atom is 0.243 e. The molecule has 0 bridgehead atoms. The molecular formula is C25H31N5OS. The van der Waals surface area contributed by atoms with E-state index in [2.05, 4.69) is 55.6 Å². The number of carbonyl (C=O) groups is 1. The number of aromatic nitrogens is 2. The molecule has 0 radical (unpaired) electrons. The van der Waals surface area contributed by atoms with Crippen molar-refractivity contribution in [2.45, 2.75) is 57.5 Å². The van der Waals surface area contributed by atoms with Crippen LogP contribution in [-0.4, -0.2) is 34.5 Å². The number of carbonyl (C=O) groups excluding carboxylic acids is 1. The molecule has 32 heavy (non-hydrogen) atoms. The number of hydrogen-bond acceptors (Lipinski definition) is 6. The second kappa shape index (κ2) is 11.1. The SMILES string of the molecule is Cc1cc(N[C@@H](Cc2ccccc2)C(=O)NC2CCCC2)nc(NCCc2cccs2)n1. The Morgan fingerprint density at radius 3 is 2.69 bits per heavy atom. The average molecular weight is 450 g/mol. The zero-order chi connectivity index (χ0) is 22.2. The Morgan fingerprint density at radius 1 is 1.12 bits per heavy atom. The van der Waals surface area contributed by atoms with E-state index in [4.69, 9.17) is 0 Å². The topological polar surface area (TPSA) is 78.9 Å². The summed E-state index contributed by atoms with van der Waals surface area (Å²) in [6, 6.07) is 16.1. The third-order valence-electron chi connectivity index (χ3n) is 5.71. The van der Waals surface area contributed by atoms with Gasteiger partial charge in [0.05, 0.1) is 0 Å². The maximum atomic E-state index is 13.1. The molecule has 3 aromatic rings. The van der Waals surface area contributed by atoms with E-state index in [-0.39, 0.29) is 11.9 Å². The van der Waals surface area contributed by atoms with E-state index in [9.17, 15) is 4.79 Å². The van der Waals surface area contributed by atoms with E-state index < -0.39 is 6.04 Å². The molecule has 0 unspecified atom stereocenters. The fourth-order valence-corrected chi connectivity index (χ4v) is 4.79. The highest BCUT2D eigenvalue weighted by Crippen LogP contribution is 2.19. The summed E-state index contributed by atoms with van der Waals surface area (Å²) in [5.41, 5.74) is 1.97. The van der Waals surface area contributed by atoms with E-state index in [0.717, 1.165) is 37.1 Å². The van der Waals surface area contributed by atoms with Gasteiger partial charge in [-0.05, 0) is 43.2 Å². The Labute approximate surface area is 193 Å². The van der Waals surface area contributed by atoms with Gasteiger partial charge in [-0.2, -0.15) is 4.98 Å². The number of hydrogen-bond donors (Lipinski definition) is 3. The van der Waals surface area contributed by atoms with Gasteiger partial charge in [0.1, 0.15) is 11.9 Å². The smallest absolute Gasteiger partial charge is 0.243 e. The summed E-state index contributed by atoms with van der Waals surface area (Å²) < 4.78 is 0. The Morgan fingerprint density at radius 2 is 1.94 bits per heavy atom. The van der Waals surface area contributed by atoms with Gasteiger partial charge in [0.25, 0.3) is 0 Å². The first kappa shape index (κ1) is 22.3. The van der Waals surface area contributed by atoms with Crippen molar-refractivity contribution in [2.24, 2.45) is 0 Å². The number of anilines is 2. The lowest BCUT2D eigenvalue weighted by Gasteiger charge is -2.22. The van der Waals surface area contributed by atoms with Crippen molar-refractivity contribution in [1.82, 2.24) is 15.3 Å². The molecular weight excluding hydrogens is 418 g/mol. The van der Waals surface area contributed by atoms with Gasteiger partial charge in [0.2, 0.25) is 11.9 Å². The molecule has 1 saturated carbocycles. The summed E-state index contributed by atoms with van der Waals surface area (Å²) in [5.74, 6) is 1.28. The maximum absolute atomic E-state index is 13.1. The standard InChI is InChI=1S/C25H31N5OS/c1-18-16-23(30-25(27-18)26-14-13-21-12-7-15-32-21)29-22(17-19-8-3-2-4-9-19)24(31)28-20-10-5-6-11-20/h2-4,7-9,12,15-16,20,22H,5-6,10-11,13-14,17H2,1H3,(H,28,31)(H2,26,27,29,30)/t22-/m0/s1. The molecule has 1 aromatic carbocycles. The molecule has 4 rings (SSSR count). The fourth-order valence-electron chi connectivity index (χ4n) is 4.08. The van der Waals surface area contributed by atoms with Crippen LogP contribution in [0.5, 0.6) is 0 Å². The van der Waals surface area contributed by atoms with Crippen molar-refractivity contribution >= 4 is 29.0 Å². The monoisotopic (exact) mass is 449 g/mol. The molecule has 3 N–H and O–H groups in total. The largest absolute Gasteiger partial charge is 0.358 e. The molecule has 6 nitrogen and oxygen atoms in total. The summed E-state index contributed by atoms with van der Waals surface area (Å²) in [5, 5.41) is 12.0. The Balaban J connectivity index is 1.44. The van der Waals surface area contributed by atoms with Crippen LogP contribution >= 0.6 is 11.3 Å². The zero-order valence-electron chi connectivity index (χ0n) is 18.5. The van der Waals surface area contributed by atoms with Crippen molar-refractivity contribution in [3.8, 4) is 0 Å². The molecule has 2 heterocycles. The average Bonchev–Trinajstić information content (AvgIpc) is 3.48. The highest BCUT2D eigenvalue weighted by atomic mass is 32.1. The quantitative estimate of drug-likeness (QED) is 0.422. The molecule has 1 amide bonds. The summed E-state index contributed by atoms with van der Waals surface area (Å²) in [6.07, 6.45) is 6.03. The summed E-state index contributed by atoms with van der Waals surface area (Å²) >= 11 is 1.75. The molecule has 7 heteroatoms. The number of benzene rings is 1. The highest BCUT2D eigenvalue weighted by Gasteiger charge is 2.24. The van der Waals surface area contributed by atoms with Crippen LogP contribution in [0.25, 0.3) is 0 Å². The van der Waals surface area contributed by atoms with E-state index >= 15 is 0 Å². The van der Waals surface area contributed by atoms with Crippen molar-refractivity contribution in [2.75, 3.05) is 17.2 Å². The molecule has 1 aliphatic rings. The van der Waals surface area contributed by atoms with Crippen LogP contribution in [0.2, 0.25) is 0 Å². The Kier molecular flexibility index (Phi) is 7.72. The van der Waals surface area contributed by atoms with Crippen LogP contribution in [0.15, 0.2) is 53.9 Å². The number of nitrogens with zero attached hydrogens (tertiary/aromatic N) is 2. The molecule has 0 spiro atoms. The van der Waals surface area contributed by atoms with Crippen LogP contribution in [-0.2, 0) is 17.6 Å². The third-order valence-corrected chi connectivity index (χ3v) is 6.65. The van der Waals surface area contributed by atoms with Gasteiger partial charge in [-0.1, -0.05) is 49.2 Å². The van der Waals surface area contributed by atoms with Crippen LogP contribution in [0.4, 0.5) is 11.8 Å². The fraction of sp³-hybridized carbons (Fsp3) is 0.400. The normalized spacial score (nSPS) is 14.8. The lowest BCUT2D eigenvalue weighted by atomic mass is 10.0. The van der Waals surface area contributed by atoms with Crippen molar-refractivity contribution in [3.05, 3.63) is 70.0 Å². The van der Waals surface area contributed by atoms with Gasteiger partial charge >= 0.3 is 0 Å². The van der Waals surface area contributed by atoms with Gasteiger partial charge in [-0.25, -0.2) is 4.98 Å². The summed E-state index contributed by atoms with van der Waals surface area (Å²) in [6.45, 7) is 2.71. The Hall–Kier alpha value is -2.93. The highest BCUT2D eigenvalue weighted by molar-refractivity contribution is 7.09. The van der Waals surface area contributed by atoms with Gasteiger partial charge in [0.15, 0.2) is 0 Å². The van der Waals surface area contributed by atoms with Crippen LogP contribution in [0, 0.1) is 6.92 Å². The van der Waals surface area contributed by atoms with Gasteiger partial charge in [0, 0.05) is 35.6 Å². The molecule has 1 atom stereocenters. The summed E-state index contributed by atoms with van der Waals surface area (Å²) in [7, 11) is 0. The van der Waals surface area contributed by atoms with E-state index in [1.54, 1.807) is 11.3 Å². The second-order valence-corrected chi connectivity index (χ2v) is 9.38. The minimum Gasteiger partial charge on any atom is -0.358 e. The predicted molar refractivity (Wildman–Crippen MR) is 131 cm³/mol. The number of amides is 1. The Bertz CT molecular complexity index is 987. The minimum absolute atomic E-state index is 0.0317. The van der Waals surface area contributed by atoms with Crippen molar-refractivity contribution in [1.29, 1.82) is 0 Å². The number of rotatable bonds is 10. The predicted octanol–water partition coefficient (Wildman–Crippen LogP) is 4.58. The van der Waals surface area contributed by atoms with Gasteiger partial charge in [-0.3, -0.25) is 4.79 Å². The lowest BCUT2D eigenvalue weighted by molar-refractivity contribution is -0.122. The van der Waals surface area contributed by atoms with E-state index in [1.807, 2.05) is 31.2 Å². The first-order valence-electron chi connectivity index (χ1n) is 11.4. The number of aryl methyl sites for hydroxylation is 1. The molecule has 1 aliphatic carbocycles. The number of nitrogens with one attached hydrogen (secondary N) is 3. The zero-order valence-corrected chi connectivity index (χ0v) is 19.3. The van der Waals surface area contributed by atoms with Crippen LogP contribution < -0.4 is 16.0 Å². The second-order valence-electron chi connectivity index (χ2n) is 8.35. The summed E-state index contributed by atoms with van der Waals surface area (Å²) in [4.78, 5) is 23.6. The first-order valence-corrected chi connectivity index (χ1v) is 12.3. The van der Waals surface area contributed by atoms with Crippen molar-refractivity contribution < 1.29 is 4.79 Å². The van der Waals surface area contributed by atoms with Crippen LogP contribution in [0.1, 0.15) is 41.8 Å². The first-order chi connectivity index (χ1) is 15.7. The molecule has 1 fully saturated rings. The third kappa shape index (κ3) is 6.53. The van der Waals surface area contributed by atoms with E-state index in [0.29, 0.717) is 18.2 Å². The van der Waals surface area contributed by atoms with E-state index in [1.165, 1.54) is 17.7 Å². The molecule has 0 aliphatic heterocycles. The van der Waals surface area contributed by atoms with Gasteiger partial charge < -0.3 is 16.0 Å². The lowest BCUT2D eigenvalue weighted by Crippen LogP contribution is -2.45. The van der Waals surface area contributed by atoms with Gasteiger partial charge in [-0.15, -0.1) is 11.3 Å². The van der Waals surface area contributed by atoms with Crippen LogP contribution in [0.3, 0.4) is 0 Å². The van der Waals surface area contributed by atoms with Crippen molar-refractivity contribution in [3.63, 3.8) is 0 Å². The molecule has 2 aromatic heterocycles. The number of thiophene rings is 1. The minimum atomic E-state index is -0.397.